The molecule has 0 N–H and O–H groups in total. The van der Waals surface area contributed by atoms with E-state index in [1.165, 1.54) is 0 Å². The van der Waals surface area contributed by atoms with E-state index in [1.54, 1.807) is 43.1 Å². The molecule has 4 aromatic rings. The number of carbonyl (C=O) groups is 1. The number of piperidine rings is 1. The highest BCUT2D eigenvalue weighted by Crippen LogP contribution is 2.34. The molecule has 0 aromatic carbocycles. The Hall–Kier alpha value is -3.94. The van der Waals surface area contributed by atoms with E-state index in [-0.39, 0.29) is 11.8 Å². The molecular formula is C24H22N6O2. The van der Waals surface area contributed by atoms with Crippen molar-refractivity contribution < 1.29 is 9.32 Å². The zero-order valence-corrected chi connectivity index (χ0v) is 17.7. The maximum absolute atomic E-state index is 13.1. The minimum Gasteiger partial charge on any atom is -0.356 e. The van der Waals surface area contributed by atoms with Gasteiger partial charge in [0.05, 0.1) is 17.0 Å². The number of aryl methyl sites for hydroxylation is 1. The Kier molecular flexibility index (Phi) is 5.41. The second kappa shape index (κ2) is 8.66. The monoisotopic (exact) mass is 426 g/mol. The topological polar surface area (TPSA) is 97.9 Å². The van der Waals surface area contributed by atoms with Crippen LogP contribution in [0.1, 0.15) is 40.5 Å². The first-order chi connectivity index (χ1) is 15.7. The highest BCUT2D eigenvalue weighted by atomic mass is 16.5. The summed E-state index contributed by atoms with van der Waals surface area (Å²) in [5, 5.41) is 4.03. The normalized spacial score (nSPS) is 16.2. The van der Waals surface area contributed by atoms with E-state index in [2.05, 4.69) is 20.1 Å². The number of aromatic nitrogens is 5. The summed E-state index contributed by atoms with van der Waals surface area (Å²) in [6.07, 6.45) is 10.4. The van der Waals surface area contributed by atoms with E-state index >= 15 is 0 Å². The summed E-state index contributed by atoms with van der Waals surface area (Å²) in [6, 6.07) is 9.18. The third kappa shape index (κ3) is 3.99. The molecule has 1 fully saturated rings. The molecule has 4 aromatic heterocycles. The fourth-order valence-corrected chi connectivity index (χ4v) is 4.08. The van der Waals surface area contributed by atoms with Crippen molar-refractivity contribution in [2.24, 2.45) is 0 Å². The number of nitrogens with zero attached hydrogens (tertiary/aromatic N) is 6. The van der Waals surface area contributed by atoms with Crippen molar-refractivity contribution in [1.82, 2.24) is 30.0 Å². The Morgan fingerprint density at radius 1 is 1.12 bits per heavy atom. The van der Waals surface area contributed by atoms with Crippen LogP contribution in [0.5, 0.6) is 0 Å². The molecule has 5 heterocycles. The van der Waals surface area contributed by atoms with Crippen LogP contribution < -0.4 is 0 Å². The summed E-state index contributed by atoms with van der Waals surface area (Å²) in [5.74, 6) is 1.29. The molecule has 1 aliphatic rings. The van der Waals surface area contributed by atoms with Gasteiger partial charge in [-0.2, -0.15) is 0 Å². The first-order valence-electron chi connectivity index (χ1n) is 10.6. The van der Waals surface area contributed by atoms with Crippen LogP contribution in [0.25, 0.3) is 22.7 Å². The molecule has 0 spiro atoms. The zero-order chi connectivity index (χ0) is 21.9. The van der Waals surface area contributed by atoms with E-state index in [4.69, 9.17) is 9.51 Å². The molecule has 1 saturated heterocycles. The number of carbonyl (C=O) groups excluding carboxylic acids is 1. The second-order valence-electron chi connectivity index (χ2n) is 7.89. The average Bonchev–Trinajstić information content (AvgIpc) is 3.30. The maximum Gasteiger partial charge on any atom is 0.253 e. The molecule has 0 bridgehead atoms. The van der Waals surface area contributed by atoms with Gasteiger partial charge in [0.1, 0.15) is 0 Å². The largest absolute Gasteiger partial charge is 0.356 e. The lowest BCUT2D eigenvalue weighted by molar-refractivity contribution is 0.0706. The second-order valence-corrected chi connectivity index (χ2v) is 7.89. The highest BCUT2D eigenvalue weighted by Gasteiger charge is 2.29. The van der Waals surface area contributed by atoms with Gasteiger partial charge in [-0.1, -0.05) is 5.16 Å². The van der Waals surface area contributed by atoms with Gasteiger partial charge < -0.3 is 9.42 Å². The number of pyridine rings is 2. The molecule has 8 heteroatoms. The predicted octanol–water partition coefficient (Wildman–Crippen LogP) is 3.92. The van der Waals surface area contributed by atoms with Crippen molar-refractivity contribution in [3.05, 3.63) is 78.3 Å². The molecule has 0 saturated carbocycles. The Morgan fingerprint density at radius 2 is 2.00 bits per heavy atom. The molecule has 5 rings (SSSR count). The fraction of sp³-hybridized carbons (Fsp3) is 0.250. The quantitative estimate of drug-likeness (QED) is 0.488. The SMILES string of the molecule is Cc1cc(-c2cnc(-c3cccnc3)nc2C2CCCN(C(=O)c3ccncc3)C2)on1. The molecule has 0 radical (unpaired) electrons. The Labute approximate surface area is 185 Å². The van der Waals surface area contributed by atoms with E-state index in [0.29, 0.717) is 23.7 Å². The van der Waals surface area contributed by atoms with E-state index in [1.807, 2.05) is 30.0 Å². The minimum atomic E-state index is 0.00991. The molecule has 160 valence electrons. The lowest BCUT2D eigenvalue weighted by Gasteiger charge is -2.33. The van der Waals surface area contributed by atoms with Crippen molar-refractivity contribution in [2.45, 2.75) is 25.7 Å². The van der Waals surface area contributed by atoms with E-state index < -0.39 is 0 Å². The van der Waals surface area contributed by atoms with Crippen molar-refractivity contribution in [3.8, 4) is 22.7 Å². The van der Waals surface area contributed by atoms with Crippen LogP contribution in [-0.2, 0) is 0 Å². The van der Waals surface area contributed by atoms with Crippen LogP contribution in [0.3, 0.4) is 0 Å². The predicted molar refractivity (Wildman–Crippen MR) is 118 cm³/mol. The van der Waals surface area contributed by atoms with Crippen LogP contribution in [0.2, 0.25) is 0 Å². The molecular weight excluding hydrogens is 404 g/mol. The van der Waals surface area contributed by atoms with Gasteiger partial charge in [0.25, 0.3) is 5.91 Å². The van der Waals surface area contributed by atoms with Crippen LogP contribution in [0.4, 0.5) is 0 Å². The van der Waals surface area contributed by atoms with Gasteiger partial charge >= 0.3 is 0 Å². The Balaban J connectivity index is 1.52. The number of hydrogen-bond donors (Lipinski definition) is 0. The van der Waals surface area contributed by atoms with E-state index in [9.17, 15) is 4.79 Å². The first kappa shape index (κ1) is 20.0. The van der Waals surface area contributed by atoms with Crippen molar-refractivity contribution in [1.29, 1.82) is 0 Å². The van der Waals surface area contributed by atoms with Crippen LogP contribution in [-0.4, -0.2) is 49.0 Å². The summed E-state index contributed by atoms with van der Waals surface area (Å²) in [6.45, 7) is 3.17. The molecule has 1 unspecified atom stereocenters. The summed E-state index contributed by atoms with van der Waals surface area (Å²) in [5.41, 5.74) is 3.95. The van der Waals surface area contributed by atoms with Gasteiger partial charge in [0.2, 0.25) is 0 Å². The minimum absolute atomic E-state index is 0.00991. The van der Waals surface area contributed by atoms with Gasteiger partial charge in [-0.15, -0.1) is 0 Å². The van der Waals surface area contributed by atoms with Gasteiger partial charge in [-0.25, -0.2) is 9.97 Å². The summed E-state index contributed by atoms with van der Waals surface area (Å²) < 4.78 is 5.54. The Bertz CT molecular complexity index is 1230. The molecule has 1 atom stereocenters. The third-order valence-corrected chi connectivity index (χ3v) is 5.65. The maximum atomic E-state index is 13.1. The standard InChI is InChI=1S/C24H22N6O2/c1-16-12-21(32-29-16)20-14-27-23(18-4-2-8-26-13-18)28-22(20)19-5-3-11-30(15-19)24(31)17-6-9-25-10-7-17/h2,4,6-10,12-14,19H,3,5,11,15H2,1H3. The summed E-state index contributed by atoms with van der Waals surface area (Å²) in [7, 11) is 0. The number of likely N-dealkylation sites (tertiary alicyclic amines) is 1. The molecule has 0 aliphatic carbocycles. The van der Waals surface area contributed by atoms with Gasteiger partial charge in [-0.05, 0) is 44.0 Å². The average molecular weight is 426 g/mol. The zero-order valence-electron chi connectivity index (χ0n) is 17.7. The van der Waals surface area contributed by atoms with Crippen molar-refractivity contribution >= 4 is 5.91 Å². The fourth-order valence-electron chi connectivity index (χ4n) is 4.08. The summed E-state index contributed by atoms with van der Waals surface area (Å²) >= 11 is 0. The van der Waals surface area contributed by atoms with Crippen molar-refractivity contribution in [2.75, 3.05) is 13.1 Å². The smallest absolute Gasteiger partial charge is 0.253 e. The third-order valence-electron chi connectivity index (χ3n) is 5.65. The van der Waals surface area contributed by atoms with Crippen LogP contribution >= 0.6 is 0 Å². The van der Waals surface area contributed by atoms with Gasteiger partial charge in [0.15, 0.2) is 11.6 Å². The number of amides is 1. The van der Waals surface area contributed by atoms with Crippen LogP contribution in [0, 0.1) is 6.92 Å². The molecule has 8 nitrogen and oxygen atoms in total. The summed E-state index contributed by atoms with van der Waals surface area (Å²) in [4.78, 5) is 32.6. The van der Waals surface area contributed by atoms with E-state index in [0.717, 1.165) is 41.9 Å². The Morgan fingerprint density at radius 3 is 2.75 bits per heavy atom. The van der Waals surface area contributed by atoms with Crippen molar-refractivity contribution in [3.63, 3.8) is 0 Å². The lowest BCUT2D eigenvalue weighted by Crippen LogP contribution is -2.39. The van der Waals surface area contributed by atoms with Gasteiger partial charge in [0, 0.05) is 67.2 Å². The lowest BCUT2D eigenvalue weighted by atomic mass is 9.90. The molecule has 32 heavy (non-hydrogen) atoms. The molecule has 1 aliphatic heterocycles. The van der Waals surface area contributed by atoms with Crippen LogP contribution in [0.15, 0.2) is 65.8 Å². The molecule has 1 amide bonds. The first-order valence-corrected chi connectivity index (χ1v) is 10.6. The van der Waals surface area contributed by atoms with Gasteiger partial charge in [-0.3, -0.25) is 14.8 Å². The number of rotatable bonds is 4. The highest BCUT2D eigenvalue weighted by molar-refractivity contribution is 5.94. The number of hydrogen-bond acceptors (Lipinski definition) is 7.